The Morgan fingerprint density at radius 1 is 1.50 bits per heavy atom. The van der Waals surface area contributed by atoms with Crippen molar-refractivity contribution in [2.24, 2.45) is 11.0 Å². The summed E-state index contributed by atoms with van der Waals surface area (Å²) in [6, 6.07) is 8.15. The predicted octanol–water partition coefficient (Wildman–Crippen LogP) is 4.28. The number of ether oxygens (including phenoxy) is 1. The van der Waals surface area contributed by atoms with Gasteiger partial charge in [0.25, 0.3) is 0 Å². The monoisotopic (exact) mass is 245 g/mol. The van der Waals surface area contributed by atoms with E-state index in [1.54, 1.807) is 0 Å². The zero-order chi connectivity index (χ0) is 12.8. The molecule has 1 unspecified atom stereocenters. The van der Waals surface area contributed by atoms with E-state index in [0.717, 1.165) is 24.7 Å². The minimum absolute atomic E-state index is 0.283. The van der Waals surface area contributed by atoms with Crippen molar-refractivity contribution >= 4 is 0 Å². The molecule has 1 aliphatic carbocycles. The van der Waals surface area contributed by atoms with Crippen LogP contribution in [0.5, 0.6) is 5.75 Å². The highest BCUT2D eigenvalue weighted by Crippen LogP contribution is 2.30. The van der Waals surface area contributed by atoms with Gasteiger partial charge >= 0.3 is 0 Å². The van der Waals surface area contributed by atoms with Gasteiger partial charge in [0.15, 0.2) is 0 Å². The first-order valence-corrected chi connectivity index (χ1v) is 6.57. The van der Waals surface area contributed by atoms with Crippen molar-refractivity contribution < 1.29 is 4.74 Å². The molecular weight excluding hydrogens is 226 g/mol. The summed E-state index contributed by atoms with van der Waals surface area (Å²) in [7, 11) is 0. The minimum atomic E-state index is 0.283. The van der Waals surface area contributed by atoms with Crippen molar-refractivity contribution in [3.05, 3.63) is 40.3 Å². The van der Waals surface area contributed by atoms with Gasteiger partial charge in [0.05, 0.1) is 6.61 Å². The van der Waals surface area contributed by atoms with Gasteiger partial charge in [0, 0.05) is 11.5 Å². The van der Waals surface area contributed by atoms with E-state index in [9.17, 15) is 0 Å². The second-order valence-electron chi connectivity index (χ2n) is 4.85. The zero-order valence-electron chi connectivity index (χ0n) is 10.7. The Morgan fingerprint density at radius 3 is 3.00 bits per heavy atom. The second-order valence-corrected chi connectivity index (χ2v) is 4.85. The van der Waals surface area contributed by atoms with E-state index >= 15 is 0 Å². The van der Waals surface area contributed by atoms with Crippen molar-refractivity contribution in [3.63, 3.8) is 0 Å². The van der Waals surface area contributed by atoms with E-state index in [0.29, 0.717) is 6.54 Å². The molecule has 0 bridgehead atoms. The normalized spacial score (nSPS) is 15.8. The van der Waals surface area contributed by atoms with Crippen LogP contribution in [0.3, 0.4) is 0 Å². The van der Waals surface area contributed by atoms with Gasteiger partial charge in [-0.1, -0.05) is 24.2 Å². The van der Waals surface area contributed by atoms with Crippen molar-refractivity contribution in [2.75, 3.05) is 13.2 Å². The Bertz CT molecular complexity index is 436. The Labute approximate surface area is 108 Å². The van der Waals surface area contributed by atoms with Gasteiger partial charge in [0.2, 0.25) is 0 Å². The summed E-state index contributed by atoms with van der Waals surface area (Å²) in [4.78, 5) is 2.83. The first kappa shape index (κ1) is 12.8. The summed E-state index contributed by atoms with van der Waals surface area (Å²) in [5.41, 5.74) is 9.59. The molecule has 1 aliphatic rings. The minimum Gasteiger partial charge on any atom is -0.493 e. The van der Waals surface area contributed by atoms with Gasteiger partial charge in [-0.05, 0) is 54.3 Å². The Morgan fingerprint density at radius 2 is 2.33 bits per heavy atom. The van der Waals surface area contributed by atoms with E-state index in [2.05, 4.69) is 29.1 Å². The molecule has 0 aromatic heterocycles. The summed E-state index contributed by atoms with van der Waals surface area (Å²) < 4.78 is 5.77. The summed E-state index contributed by atoms with van der Waals surface area (Å²) in [6.07, 6.45) is 3.56. The molecule has 0 spiro atoms. The van der Waals surface area contributed by atoms with Gasteiger partial charge in [-0.2, -0.15) is 0 Å². The lowest BCUT2D eigenvalue weighted by atomic mass is 9.96. The zero-order valence-corrected chi connectivity index (χ0v) is 10.7. The SMILES string of the molecule is CCC(CN=[N+]=[N-])c1cccc(OCC2CC2)c1. The molecule has 4 heteroatoms. The molecule has 0 radical (unpaired) electrons. The lowest BCUT2D eigenvalue weighted by Crippen LogP contribution is -2.03. The first-order chi connectivity index (χ1) is 8.83. The quantitative estimate of drug-likeness (QED) is 0.402. The van der Waals surface area contributed by atoms with Gasteiger partial charge in [-0.15, -0.1) is 0 Å². The average Bonchev–Trinajstić information content (AvgIpc) is 3.22. The molecule has 0 saturated heterocycles. The lowest BCUT2D eigenvalue weighted by molar-refractivity contribution is 0.299. The van der Waals surface area contributed by atoms with Gasteiger partial charge in [0.1, 0.15) is 5.75 Å². The van der Waals surface area contributed by atoms with E-state index < -0.39 is 0 Å². The molecule has 0 amide bonds. The largest absolute Gasteiger partial charge is 0.493 e. The average molecular weight is 245 g/mol. The third-order valence-corrected chi connectivity index (χ3v) is 3.37. The van der Waals surface area contributed by atoms with Crippen LogP contribution in [0.2, 0.25) is 0 Å². The predicted molar refractivity (Wildman–Crippen MR) is 71.7 cm³/mol. The molecule has 0 aliphatic heterocycles. The lowest BCUT2D eigenvalue weighted by Gasteiger charge is -2.14. The van der Waals surface area contributed by atoms with Crippen LogP contribution in [0.4, 0.5) is 0 Å². The first-order valence-electron chi connectivity index (χ1n) is 6.57. The Balaban J connectivity index is 2.00. The molecule has 4 nitrogen and oxygen atoms in total. The van der Waals surface area contributed by atoms with Gasteiger partial charge in [-0.3, -0.25) is 0 Å². The molecule has 1 atom stereocenters. The van der Waals surface area contributed by atoms with E-state index in [1.807, 2.05) is 12.1 Å². The van der Waals surface area contributed by atoms with E-state index in [4.69, 9.17) is 10.3 Å². The number of nitrogens with zero attached hydrogens (tertiary/aromatic N) is 3. The molecule has 2 rings (SSSR count). The molecule has 18 heavy (non-hydrogen) atoms. The third-order valence-electron chi connectivity index (χ3n) is 3.37. The van der Waals surface area contributed by atoms with Crippen LogP contribution in [0.25, 0.3) is 10.4 Å². The number of rotatable bonds is 7. The van der Waals surface area contributed by atoms with Crippen molar-refractivity contribution in [1.82, 2.24) is 0 Å². The molecule has 96 valence electrons. The van der Waals surface area contributed by atoms with E-state index in [-0.39, 0.29) is 5.92 Å². The second kappa shape index (κ2) is 6.31. The highest BCUT2D eigenvalue weighted by molar-refractivity contribution is 5.31. The summed E-state index contributed by atoms with van der Waals surface area (Å²) >= 11 is 0. The maximum Gasteiger partial charge on any atom is 0.119 e. The van der Waals surface area contributed by atoms with Crippen LogP contribution >= 0.6 is 0 Å². The summed E-state index contributed by atoms with van der Waals surface area (Å²) in [6.45, 7) is 3.45. The summed E-state index contributed by atoms with van der Waals surface area (Å²) in [5, 5.41) is 3.67. The van der Waals surface area contributed by atoms with Crippen LogP contribution in [0.15, 0.2) is 29.4 Å². The molecule has 0 N–H and O–H groups in total. The van der Waals surface area contributed by atoms with Crippen molar-refractivity contribution in [2.45, 2.75) is 32.1 Å². The maximum absolute atomic E-state index is 8.40. The Kier molecular flexibility index (Phi) is 4.48. The third kappa shape index (κ3) is 3.67. The molecule has 1 aromatic rings. The molecule has 0 heterocycles. The van der Waals surface area contributed by atoms with Crippen LogP contribution in [0.1, 0.15) is 37.7 Å². The smallest absolute Gasteiger partial charge is 0.119 e. The standard InChI is InChI=1S/C14H19N3O/c1-2-12(9-16-17-15)13-4-3-5-14(8-13)18-10-11-6-7-11/h3-5,8,11-12H,2,6-7,9-10H2,1H3. The Hall–Kier alpha value is -1.67. The number of hydrogen-bond donors (Lipinski definition) is 0. The number of hydrogen-bond acceptors (Lipinski definition) is 2. The van der Waals surface area contributed by atoms with Crippen LogP contribution in [-0.2, 0) is 0 Å². The molecule has 1 fully saturated rings. The topological polar surface area (TPSA) is 58.0 Å². The van der Waals surface area contributed by atoms with Gasteiger partial charge < -0.3 is 4.74 Å². The van der Waals surface area contributed by atoms with Crippen LogP contribution in [-0.4, -0.2) is 13.2 Å². The fraction of sp³-hybridized carbons (Fsp3) is 0.571. The molecular formula is C14H19N3O. The fourth-order valence-corrected chi connectivity index (χ4v) is 1.96. The maximum atomic E-state index is 8.40. The van der Waals surface area contributed by atoms with E-state index in [1.165, 1.54) is 18.4 Å². The summed E-state index contributed by atoms with van der Waals surface area (Å²) in [5.74, 6) is 1.97. The van der Waals surface area contributed by atoms with Crippen molar-refractivity contribution in [1.29, 1.82) is 0 Å². The number of azide groups is 1. The van der Waals surface area contributed by atoms with Crippen LogP contribution < -0.4 is 4.74 Å². The van der Waals surface area contributed by atoms with Crippen LogP contribution in [0, 0.1) is 5.92 Å². The highest BCUT2D eigenvalue weighted by atomic mass is 16.5. The van der Waals surface area contributed by atoms with Crippen molar-refractivity contribution in [3.8, 4) is 5.75 Å². The molecule has 1 aromatic carbocycles. The highest BCUT2D eigenvalue weighted by Gasteiger charge is 2.22. The number of benzene rings is 1. The molecule has 1 saturated carbocycles. The van der Waals surface area contributed by atoms with Gasteiger partial charge in [-0.25, -0.2) is 0 Å². The fourth-order valence-electron chi connectivity index (χ4n) is 1.96.